The second kappa shape index (κ2) is 4.60. The summed E-state index contributed by atoms with van der Waals surface area (Å²) in [6.45, 7) is 4.29. The summed E-state index contributed by atoms with van der Waals surface area (Å²) in [6, 6.07) is 8.18. The van der Waals surface area contributed by atoms with Crippen LogP contribution in [0.1, 0.15) is 9.75 Å². The van der Waals surface area contributed by atoms with Gasteiger partial charge in [-0.15, -0.1) is 11.3 Å². The fourth-order valence-corrected chi connectivity index (χ4v) is 3.62. The second-order valence-electron chi connectivity index (χ2n) is 3.63. The number of aryl methyl sites for hydroxylation is 2. The normalized spacial score (nSPS) is 10.5. The van der Waals surface area contributed by atoms with E-state index in [-0.39, 0.29) is 0 Å². The lowest BCUT2D eigenvalue weighted by atomic mass is 10.1. The van der Waals surface area contributed by atoms with Crippen LogP contribution in [-0.4, -0.2) is 7.11 Å². The molecule has 1 aromatic carbocycles. The molecule has 0 aliphatic heterocycles. The van der Waals surface area contributed by atoms with Crippen LogP contribution in [-0.2, 0) is 0 Å². The Bertz CT molecular complexity index is 499. The Kier molecular flexibility index (Phi) is 3.36. The molecule has 1 nitrogen and oxygen atoms in total. The van der Waals surface area contributed by atoms with Crippen molar-refractivity contribution < 1.29 is 4.74 Å². The molecule has 0 radical (unpaired) electrons. The topological polar surface area (TPSA) is 9.23 Å². The van der Waals surface area contributed by atoms with E-state index in [0.29, 0.717) is 0 Å². The predicted octanol–water partition coefficient (Wildman–Crippen LogP) is 4.80. The molecule has 1 heterocycles. The first-order valence-electron chi connectivity index (χ1n) is 5.03. The van der Waals surface area contributed by atoms with Crippen molar-refractivity contribution in [3.8, 4) is 16.9 Å². The van der Waals surface area contributed by atoms with Gasteiger partial charge in [0.15, 0.2) is 0 Å². The molecular weight excluding hydrogens is 284 g/mol. The van der Waals surface area contributed by atoms with E-state index in [2.05, 4.69) is 41.9 Å². The Morgan fingerprint density at radius 1 is 1.06 bits per heavy atom. The fourth-order valence-electron chi connectivity index (χ4n) is 1.74. The fraction of sp³-hybridized carbons (Fsp3) is 0.231. The van der Waals surface area contributed by atoms with E-state index in [1.165, 1.54) is 25.4 Å². The van der Waals surface area contributed by atoms with Crippen LogP contribution in [0.15, 0.2) is 28.7 Å². The number of hydrogen-bond donors (Lipinski definition) is 0. The molecule has 0 fully saturated rings. The number of halogens is 1. The van der Waals surface area contributed by atoms with Gasteiger partial charge >= 0.3 is 0 Å². The quantitative estimate of drug-likeness (QED) is 0.773. The Labute approximate surface area is 108 Å². The SMILES string of the molecule is COc1ccc(-c2c(C)sc(C)c2Br)cc1. The Morgan fingerprint density at radius 3 is 2.12 bits per heavy atom. The van der Waals surface area contributed by atoms with E-state index in [1.54, 1.807) is 7.11 Å². The molecule has 0 N–H and O–H groups in total. The van der Waals surface area contributed by atoms with Crippen molar-refractivity contribution in [1.82, 2.24) is 0 Å². The van der Waals surface area contributed by atoms with Crippen LogP contribution in [0.5, 0.6) is 5.75 Å². The van der Waals surface area contributed by atoms with E-state index in [1.807, 2.05) is 23.5 Å². The van der Waals surface area contributed by atoms with E-state index in [9.17, 15) is 0 Å². The highest BCUT2D eigenvalue weighted by molar-refractivity contribution is 9.10. The first kappa shape index (κ1) is 11.7. The third-order valence-corrected chi connectivity index (χ3v) is 4.84. The summed E-state index contributed by atoms with van der Waals surface area (Å²) < 4.78 is 6.37. The van der Waals surface area contributed by atoms with Gasteiger partial charge in [0, 0.05) is 19.8 Å². The van der Waals surface area contributed by atoms with E-state index >= 15 is 0 Å². The van der Waals surface area contributed by atoms with Gasteiger partial charge in [-0.3, -0.25) is 0 Å². The zero-order valence-corrected chi connectivity index (χ0v) is 11.9. The van der Waals surface area contributed by atoms with Crippen LogP contribution >= 0.6 is 27.3 Å². The minimum absolute atomic E-state index is 0.893. The van der Waals surface area contributed by atoms with Crippen LogP contribution in [0, 0.1) is 13.8 Å². The van der Waals surface area contributed by atoms with Crippen molar-refractivity contribution in [2.24, 2.45) is 0 Å². The first-order valence-corrected chi connectivity index (χ1v) is 6.64. The molecule has 0 spiro atoms. The monoisotopic (exact) mass is 296 g/mol. The van der Waals surface area contributed by atoms with Crippen molar-refractivity contribution in [2.45, 2.75) is 13.8 Å². The molecule has 0 unspecified atom stereocenters. The third-order valence-electron chi connectivity index (χ3n) is 2.57. The Balaban J connectivity index is 2.50. The number of rotatable bonds is 2. The number of methoxy groups -OCH3 is 1. The minimum atomic E-state index is 0.893. The molecule has 0 atom stereocenters. The van der Waals surface area contributed by atoms with Gasteiger partial charge in [0.1, 0.15) is 5.75 Å². The average Bonchev–Trinajstić information content (AvgIpc) is 2.54. The lowest BCUT2D eigenvalue weighted by Crippen LogP contribution is -1.83. The highest BCUT2D eigenvalue weighted by Gasteiger charge is 2.12. The summed E-state index contributed by atoms with van der Waals surface area (Å²) in [6.07, 6.45) is 0. The van der Waals surface area contributed by atoms with Crippen LogP contribution in [0.3, 0.4) is 0 Å². The van der Waals surface area contributed by atoms with Gasteiger partial charge in [0.05, 0.1) is 7.11 Å². The van der Waals surface area contributed by atoms with Gasteiger partial charge in [-0.1, -0.05) is 12.1 Å². The molecule has 2 aromatic rings. The van der Waals surface area contributed by atoms with Crippen LogP contribution in [0.2, 0.25) is 0 Å². The van der Waals surface area contributed by atoms with Crippen LogP contribution in [0.25, 0.3) is 11.1 Å². The van der Waals surface area contributed by atoms with Gasteiger partial charge in [-0.25, -0.2) is 0 Å². The van der Waals surface area contributed by atoms with Crippen molar-refractivity contribution >= 4 is 27.3 Å². The molecule has 0 amide bonds. The molecule has 3 heteroatoms. The highest BCUT2D eigenvalue weighted by Crippen LogP contribution is 2.39. The van der Waals surface area contributed by atoms with Gasteiger partial charge in [0.25, 0.3) is 0 Å². The molecule has 0 aliphatic rings. The van der Waals surface area contributed by atoms with Crippen LogP contribution in [0.4, 0.5) is 0 Å². The lowest BCUT2D eigenvalue weighted by molar-refractivity contribution is 0.415. The molecule has 2 rings (SSSR count). The maximum absolute atomic E-state index is 5.16. The van der Waals surface area contributed by atoms with Gasteiger partial charge in [-0.2, -0.15) is 0 Å². The molecule has 0 aliphatic carbocycles. The number of hydrogen-bond acceptors (Lipinski definition) is 2. The van der Waals surface area contributed by atoms with E-state index < -0.39 is 0 Å². The Morgan fingerprint density at radius 2 is 1.69 bits per heavy atom. The highest BCUT2D eigenvalue weighted by atomic mass is 79.9. The number of ether oxygens (including phenoxy) is 1. The molecule has 16 heavy (non-hydrogen) atoms. The standard InChI is InChI=1S/C13H13BrOS/c1-8-12(13(14)9(2)16-8)10-4-6-11(15-3)7-5-10/h4-7H,1-3H3. The zero-order chi connectivity index (χ0) is 11.7. The number of benzene rings is 1. The Hall–Kier alpha value is -0.800. The minimum Gasteiger partial charge on any atom is -0.497 e. The third kappa shape index (κ3) is 2.02. The maximum Gasteiger partial charge on any atom is 0.118 e. The smallest absolute Gasteiger partial charge is 0.118 e. The summed E-state index contributed by atoms with van der Waals surface area (Å²) in [7, 11) is 1.69. The van der Waals surface area contributed by atoms with E-state index in [4.69, 9.17) is 4.74 Å². The van der Waals surface area contributed by atoms with Crippen LogP contribution < -0.4 is 4.74 Å². The predicted molar refractivity (Wildman–Crippen MR) is 73.5 cm³/mol. The van der Waals surface area contributed by atoms with Crippen molar-refractivity contribution in [3.63, 3.8) is 0 Å². The largest absolute Gasteiger partial charge is 0.497 e. The average molecular weight is 297 g/mol. The van der Waals surface area contributed by atoms with Crippen molar-refractivity contribution in [2.75, 3.05) is 7.11 Å². The van der Waals surface area contributed by atoms with Crippen molar-refractivity contribution in [1.29, 1.82) is 0 Å². The van der Waals surface area contributed by atoms with Gasteiger partial charge in [0.2, 0.25) is 0 Å². The lowest BCUT2D eigenvalue weighted by Gasteiger charge is -2.04. The van der Waals surface area contributed by atoms with E-state index in [0.717, 1.165) is 5.75 Å². The summed E-state index contributed by atoms with van der Waals surface area (Å²) >= 11 is 5.47. The zero-order valence-electron chi connectivity index (χ0n) is 9.50. The molecular formula is C13H13BrOS. The summed E-state index contributed by atoms with van der Waals surface area (Å²) in [5.74, 6) is 0.893. The summed E-state index contributed by atoms with van der Waals surface area (Å²) in [5.41, 5.74) is 2.53. The molecule has 1 aromatic heterocycles. The number of thiophene rings is 1. The molecule has 0 saturated heterocycles. The molecule has 0 bridgehead atoms. The van der Waals surface area contributed by atoms with Gasteiger partial charge < -0.3 is 4.74 Å². The summed E-state index contributed by atoms with van der Waals surface area (Å²) in [4.78, 5) is 2.66. The van der Waals surface area contributed by atoms with Crippen molar-refractivity contribution in [3.05, 3.63) is 38.5 Å². The van der Waals surface area contributed by atoms with Gasteiger partial charge in [-0.05, 0) is 47.5 Å². The summed E-state index contributed by atoms with van der Waals surface area (Å²) in [5, 5.41) is 0. The maximum atomic E-state index is 5.16. The molecule has 0 saturated carbocycles. The molecule has 84 valence electrons. The first-order chi connectivity index (χ1) is 7.63. The second-order valence-corrected chi connectivity index (χ2v) is 5.85.